The molecule has 0 bridgehead atoms. The van der Waals surface area contributed by atoms with Crippen LogP contribution in [0.2, 0.25) is 0 Å². The van der Waals surface area contributed by atoms with E-state index in [4.69, 9.17) is 0 Å². The molecule has 0 heterocycles. The Labute approximate surface area is 113 Å². The van der Waals surface area contributed by atoms with E-state index in [0.29, 0.717) is 5.41 Å². The van der Waals surface area contributed by atoms with E-state index in [0.717, 1.165) is 0 Å². The molecule has 1 rings (SSSR count). The molecule has 0 aromatic rings. The molecule has 0 saturated heterocycles. The molecular weight excluding hydrogens is 470 g/mol. The van der Waals surface area contributed by atoms with Crippen molar-refractivity contribution in [1.29, 1.82) is 0 Å². The first-order chi connectivity index (χ1) is 4.89. The van der Waals surface area contributed by atoms with Gasteiger partial charge in [0, 0.05) is 0 Å². The van der Waals surface area contributed by atoms with Gasteiger partial charge in [0.15, 0.2) is 0 Å². The van der Waals surface area contributed by atoms with Crippen LogP contribution in [0, 0.1) is 5.41 Å². The normalized spacial score (nSPS) is 19.8. The summed E-state index contributed by atoms with van der Waals surface area (Å²) in [6.07, 6.45) is 0. The molecule has 0 unspecified atom stereocenters. The van der Waals surface area contributed by atoms with Crippen molar-refractivity contribution < 1.29 is 52.6 Å². The molecule has 0 spiro atoms. The third-order valence-electron chi connectivity index (χ3n) is 2.92. The van der Waals surface area contributed by atoms with E-state index in [9.17, 15) is 0 Å². The molecule has 0 aromatic carbocycles. The summed E-state index contributed by atoms with van der Waals surface area (Å²) in [4.78, 5) is 0. The predicted molar refractivity (Wildman–Crippen MR) is 44.9 cm³/mol. The van der Waals surface area contributed by atoms with E-state index in [1.807, 2.05) is 18.6 Å². The Bertz CT molecular complexity index is 236. The minimum absolute atomic E-state index is 0. The predicted octanol–water partition coefficient (Wildman–Crippen LogP) is -2.81. The summed E-state index contributed by atoms with van der Waals surface area (Å²) in [5, 5.41) is 0. The molecule has 0 radical (unpaired) electrons. The molecule has 0 N–H and O–H groups in total. The molecule has 1 aliphatic carbocycles. The average Bonchev–Trinajstić information content (AvgIpc) is 2.06. The van der Waals surface area contributed by atoms with Crippen LogP contribution in [-0.2, 0) is 18.6 Å². The van der Waals surface area contributed by atoms with Crippen LogP contribution in [-0.4, -0.2) is 0 Å². The first kappa shape index (κ1) is 16.5. The number of rotatable bonds is 0. The van der Waals surface area contributed by atoms with Crippen molar-refractivity contribution in [2.24, 2.45) is 5.41 Å². The van der Waals surface area contributed by atoms with Gasteiger partial charge in [-0.2, -0.15) is 0 Å². The van der Waals surface area contributed by atoms with Gasteiger partial charge in [-0.3, -0.25) is 0 Å². The first-order valence-corrected chi connectivity index (χ1v) is 5.20. The van der Waals surface area contributed by atoms with Crippen LogP contribution >= 0.6 is 0 Å². The Balaban J connectivity index is 0. The molecule has 0 saturated carbocycles. The fraction of sp³-hybridized carbons (Fsp3) is 0.600. The molecule has 0 aliphatic heterocycles. The van der Waals surface area contributed by atoms with Crippen LogP contribution in [0.15, 0.2) is 20.8 Å². The second-order valence-corrected chi connectivity index (χ2v) is 5.07. The molecule has 77 valence electrons. The Hall–Kier alpha value is 1.08. The maximum absolute atomic E-state index is 2.31. The van der Waals surface area contributed by atoms with Crippen LogP contribution in [0.4, 0.5) is 0 Å². The molecule has 0 nitrogen and oxygen atoms in total. The van der Waals surface area contributed by atoms with Crippen LogP contribution in [0.1, 0.15) is 34.6 Å². The fourth-order valence-corrected chi connectivity index (χ4v) is 2.49. The number of allylic oxidation sites excluding steroid dienone is 4. The van der Waals surface area contributed by atoms with Crippen LogP contribution in [0.5, 0.6) is 0 Å². The van der Waals surface area contributed by atoms with Crippen molar-refractivity contribution in [2.75, 3.05) is 0 Å². The van der Waals surface area contributed by atoms with E-state index in [-0.39, 0.29) is 34.0 Å². The van der Waals surface area contributed by atoms with Crippen molar-refractivity contribution in [3.63, 3.8) is 0 Å². The number of hydrogen-bond acceptors (Lipinski definition) is 0. The van der Waals surface area contributed by atoms with Gasteiger partial charge >= 0.3 is 79.5 Å². The zero-order chi connectivity index (χ0) is 8.81. The molecule has 0 amide bonds. The number of halogens is 2. The second-order valence-electron chi connectivity index (χ2n) is 3.80. The summed E-state index contributed by atoms with van der Waals surface area (Å²) in [6, 6.07) is 0. The standard InChI is InChI=1S/C10H15.2BrH.Os/c1-7-6-10(4,5)9(3)8(7)2;;;/h1-5H3;2*1H;/q;;;+2/p-2. The zero-order valence-corrected chi connectivity index (χ0v) is 14.3. The van der Waals surface area contributed by atoms with Gasteiger partial charge in [-0.25, -0.2) is 0 Å². The van der Waals surface area contributed by atoms with E-state index in [1.54, 1.807) is 9.70 Å². The van der Waals surface area contributed by atoms with Crippen LogP contribution < -0.4 is 34.0 Å². The quantitative estimate of drug-likeness (QED) is 0.348. The maximum atomic E-state index is 2.31. The Kier molecular flexibility index (Phi) is 6.65. The Morgan fingerprint density at radius 3 is 1.38 bits per heavy atom. The monoisotopic (exact) mass is 485 g/mol. The van der Waals surface area contributed by atoms with Gasteiger partial charge in [0.1, 0.15) is 0 Å². The summed E-state index contributed by atoms with van der Waals surface area (Å²) in [5.74, 6) is 0. The fourth-order valence-electron chi connectivity index (χ4n) is 1.54. The van der Waals surface area contributed by atoms with E-state index in [2.05, 4.69) is 34.6 Å². The summed E-state index contributed by atoms with van der Waals surface area (Å²) in [5.41, 5.74) is 4.87. The van der Waals surface area contributed by atoms with E-state index < -0.39 is 0 Å². The second kappa shape index (κ2) is 5.24. The van der Waals surface area contributed by atoms with Gasteiger partial charge in [0.05, 0.1) is 0 Å². The molecule has 0 fully saturated rings. The molecular formula is C10H15Br2Os. The largest absolute Gasteiger partial charge is 1.00 e. The van der Waals surface area contributed by atoms with Crippen molar-refractivity contribution >= 4 is 0 Å². The molecule has 0 atom stereocenters. The van der Waals surface area contributed by atoms with Crippen molar-refractivity contribution in [2.45, 2.75) is 34.6 Å². The van der Waals surface area contributed by atoms with Gasteiger partial charge in [0.25, 0.3) is 0 Å². The zero-order valence-electron chi connectivity index (χ0n) is 8.61. The summed E-state index contributed by atoms with van der Waals surface area (Å²) >= 11 is 2.04. The van der Waals surface area contributed by atoms with Crippen LogP contribution in [0.3, 0.4) is 0 Å². The third-order valence-corrected chi connectivity index (χ3v) is 5.46. The topological polar surface area (TPSA) is 0 Å². The molecule has 0 aromatic heterocycles. The van der Waals surface area contributed by atoms with Gasteiger partial charge in [0.2, 0.25) is 0 Å². The van der Waals surface area contributed by atoms with Crippen molar-refractivity contribution in [3.8, 4) is 0 Å². The van der Waals surface area contributed by atoms with Gasteiger partial charge in [-0.15, -0.1) is 0 Å². The van der Waals surface area contributed by atoms with Gasteiger partial charge in [-0.05, 0) is 0 Å². The molecule has 1 aliphatic rings. The van der Waals surface area contributed by atoms with E-state index >= 15 is 0 Å². The van der Waals surface area contributed by atoms with Gasteiger partial charge in [-0.1, -0.05) is 0 Å². The first-order valence-electron chi connectivity index (χ1n) is 3.93. The smallest absolute Gasteiger partial charge is 1.00 e. The maximum Gasteiger partial charge on any atom is -1.00 e. The van der Waals surface area contributed by atoms with Crippen molar-refractivity contribution in [3.05, 3.63) is 20.8 Å². The molecule has 13 heavy (non-hydrogen) atoms. The van der Waals surface area contributed by atoms with E-state index in [1.165, 1.54) is 11.1 Å². The SMILES string of the molecule is CC1=C(C)C(C)(C)[C]([Os+2])=C1C.[Br-].[Br-]. The summed E-state index contributed by atoms with van der Waals surface area (Å²) in [7, 11) is 0. The van der Waals surface area contributed by atoms with Crippen molar-refractivity contribution in [1.82, 2.24) is 0 Å². The average molecular weight is 485 g/mol. The molecule has 3 heteroatoms. The minimum atomic E-state index is 0. The Morgan fingerprint density at radius 2 is 1.31 bits per heavy atom. The Morgan fingerprint density at radius 1 is 0.923 bits per heavy atom. The summed E-state index contributed by atoms with van der Waals surface area (Å²) in [6.45, 7) is 11.3. The third kappa shape index (κ3) is 2.55. The number of hydrogen-bond donors (Lipinski definition) is 0. The summed E-state index contributed by atoms with van der Waals surface area (Å²) < 4.78 is 1.56. The van der Waals surface area contributed by atoms with Crippen LogP contribution in [0.25, 0.3) is 0 Å². The van der Waals surface area contributed by atoms with Gasteiger partial charge < -0.3 is 34.0 Å². The minimum Gasteiger partial charge on any atom is -1.00 e.